The number of aromatic nitrogens is 2. The van der Waals surface area contributed by atoms with Gasteiger partial charge in [-0.25, -0.2) is 15.2 Å². The highest BCUT2D eigenvalue weighted by Gasteiger charge is 2.11. The Morgan fingerprint density at radius 3 is 2.58 bits per heavy atom. The molecule has 0 aliphatic rings. The van der Waals surface area contributed by atoms with E-state index in [0.717, 1.165) is 0 Å². The Labute approximate surface area is 110 Å². The number of hydrogen-bond donors (Lipinski definition) is 2. The molecule has 0 aliphatic carbocycles. The van der Waals surface area contributed by atoms with Crippen LogP contribution in [0.2, 0.25) is 0 Å². The average molecular weight is 262 g/mol. The predicted octanol–water partition coefficient (Wildman–Crippen LogP) is 2.62. The zero-order valence-electron chi connectivity index (χ0n) is 11.0. The normalized spacial score (nSPS) is 10.4. The molecular formula is C13H15FN4O. The van der Waals surface area contributed by atoms with Crippen LogP contribution >= 0.6 is 0 Å². The van der Waals surface area contributed by atoms with Crippen molar-refractivity contribution in [3.63, 3.8) is 0 Å². The number of ether oxygens (including phenoxy) is 1. The number of aryl methyl sites for hydroxylation is 2. The largest absolute Gasteiger partial charge is 0.439 e. The number of hydrazine groups is 1. The van der Waals surface area contributed by atoms with Gasteiger partial charge in [0.2, 0.25) is 5.88 Å². The van der Waals surface area contributed by atoms with E-state index in [0.29, 0.717) is 34.4 Å². The molecule has 5 nitrogen and oxygen atoms in total. The van der Waals surface area contributed by atoms with Crippen LogP contribution < -0.4 is 16.0 Å². The van der Waals surface area contributed by atoms with Gasteiger partial charge in [0, 0.05) is 0 Å². The van der Waals surface area contributed by atoms with Crippen molar-refractivity contribution in [2.45, 2.75) is 20.8 Å². The fraction of sp³-hybridized carbons (Fsp3) is 0.231. The van der Waals surface area contributed by atoms with Gasteiger partial charge in [-0.3, -0.25) is 0 Å². The monoisotopic (exact) mass is 262 g/mol. The lowest BCUT2D eigenvalue weighted by Crippen LogP contribution is -2.12. The Hall–Kier alpha value is -2.21. The SMILES string of the molecule is Cc1nc(NN)c(C)c(Oc2ccc(F)c(C)c2)n1. The van der Waals surface area contributed by atoms with Crippen LogP contribution in [-0.4, -0.2) is 9.97 Å². The summed E-state index contributed by atoms with van der Waals surface area (Å²) in [4.78, 5) is 8.34. The summed E-state index contributed by atoms with van der Waals surface area (Å²) in [5.74, 6) is 7.06. The summed E-state index contributed by atoms with van der Waals surface area (Å²) >= 11 is 0. The van der Waals surface area contributed by atoms with Crippen LogP contribution in [0.4, 0.5) is 10.2 Å². The van der Waals surface area contributed by atoms with E-state index in [4.69, 9.17) is 10.6 Å². The van der Waals surface area contributed by atoms with Gasteiger partial charge >= 0.3 is 0 Å². The van der Waals surface area contributed by atoms with Crippen molar-refractivity contribution in [1.29, 1.82) is 0 Å². The molecule has 0 fully saturated rings. The second-order valence-electron chi connectivity index (χ2n) is 4.21. The molecule has 1 aromatic heterocycles. The van der Waals surface area contributed by atoms with Crippen molar-refractivity contribution in [3.8, 4) is 11.6 Å². The lowest BCUT2D eigenvalue weighted by atomic mass is 10.2. The van der Waals surface area contributed by atoms with Crippen molar-refractivity contribution in [3.05, 3.63) is 41.0 Å². The predicted molar refractivity (Wildman–Crippen MR) is 70.5 cm³/mol. The molecule has 6 heteroatoms. The molecule has 2 rings (SSSR count). The van der Waals surface area contributed by atoms with Crippen LogP contribution in [-0.2, 0) is 0 Å². The zero-order valence-corrected chi connectivity index (χ0v) is 11.0. The highest BCUT2D eigenvalue weighted by atomic mass is 19.1. The Morgan fingerprint density at radius 1 is 1.21 bits per heavy atom. The quantitative estimate of drug-likeness (QED) is 0.657. The summed E-state index contributed by atoms with van der Waals surface area (Å²) in [6, 6.07) is 4.52. The molecule has 0 atom stereocenters. The molecule has 3 N–H and O–H groups in total. The summed E-state index contributed by atoms with van der Waals surface area (Å²) in [5, 5.41) is 0. The van der Waals surface area contributed by atoms with Gasteiger partial charge < -0.3 is 10.2 Å². The Balaban J connectivity index is 2.37. The number of halogens is 1. The number of nitrogens with zero attached hydrogens (tertiary/aromatic N) is 2. The zero-order chi connectivity index (χ0) is 14.0. The number of nitrogens with one attached hydrogen (secondary N) is 1. The number of anilines is 1. The summed E-state index contributed by atoms with van der Waals surface area (Å²) in [6.45, 7) is 5.20. The van der Waals surface area contributed by atoms with Crippen molar-refractivity contribution in [1.82, 2.24) is 9.97 Å². The number of nitrogens with two attached hydrogens (primary N) is 1. The standard InChI is InChI=1S/C13H15FN4O/c1-7-6-10(4-5-11(7)14)19-13-8(2)12(18-15)16-9(3)17-13/h4-6H,15H2,1-3H3,(H,16,17,18). The number of nitrogen functional groups attached to an aromatic ring is 1. The third-order valence-electron chi connectivity index (χ3n) is 2.69. The molecule has 2 aromatic rings. The van der Waals surface area contributed by atoms with E-state index in [-0.39, 0.29) is 5.82 Å². The topological polar surface area (TPSA) is 73.1 Å². The van der Waals surface area contributed by atoms with Gasteiger partial charge in [-0.1, -0.05) is 0 Å². The second kappa shape index (κ2) is 5.19. The first-order valence-corrected chi connectivity index (χ1v) is 5.77. The van der Waals surface area contributed by atoms with Gasteiger partial charge in [-0.05, 0) is 44.5 Å². The minimum absolute atomic E-state index is 0.271. The van der Waals surface area contributed by atoms with Crippen LogP contribution in [0.5, 0.6) is 11.6 Å². The first-order chi connectivity index (χ1) is 9.01. The molecule has 0 amide bonds. The van der Waals surface area contributed by atoms with Gasteiger partial charge in [0.15, 0.2) is 0 Å². The third kappa shape index (κ3) is 2.79. The number of rotatable bonds is 3. The number of benzene rings is 1. The molecule has 0 bridgehead atoms. The van der Waals surface area contributed by atoms with E-state index in [1.165, 1.54) is 6.07 Å². The molecule has 1 aromatic carbocycles. The Kier molecular flexibility index (Phi) is 3.62. The smallest absolute Gasteiger partial charge is 0.227 e. The minimum Gasteiger partial charge on any atom is -0.439 e. The molecule has 0 saturated heterocycles. The average Bonchev–Trinajstić information content (AvgIpc) is 2.37. The molecule has 0 saturated carbocycles. The lowest BCUT2D eigenvalue weighted by molar-refractivity contribution is 0.454. The van der Waals surface area contributed by atoms with Crippen LogP contribution in [0.25, 0.3) is 0 Å². The molecule has 19 heavy (non-hydrogen) atoms. The highest BCUT2D eigenvalue weighted by Crippen LogP contribution is 2.27. The van der Waals surface area contributed by atoms with Crippen molar-refractivity contribution >= 4 is 5.82 Å². The van der Waals surface area contributed by atoms with Gasteiger partial charge in [0.1, 0.15) is 23.2 Å². The van der Waals surface area contributed by atoms with Crippen LogP contribution in [0.1, 0.15) is 17.0 Å². The van der Waals surface area contributed by atoms with Crippen LogP contribution in [0, 0.1) is 26.6 Å². The minimum atomic E-state index is -0.271. The maximum absolute atomic E-state index is 13.2. The molecule has 0 aliphatic heterocycles. The van der Waals surface area contributed by atoms with E-state index < -0.39 is 0 Å². The highest BCUT2D eigenvalue weighted by molar-refractivity contribution is 5.48. The van der Waals surface area contributed by atoms with E-state index in [1.54, 1.807) is 32.9 Å². The van der Waals surface area contributed by atoms with Crippen LogP contribution in [0.15, 0.2) is 18.2 Å². The first-order valence-electron chi connectivity index (χ1n) is 5.77. The Bertz CT molecular complexity index is 616. The van der Waals surface area contributed by atoms with Crippen molar-refractivity contribution in [2.24, 2.45) is 5.84 Å². The van der Waals surface area contributed by atoms with Gasteiger partial charge in [0.25, 0.3) is 0 Å². The molecule has 100 valence electrons. The maximum Gasteiger partial charge on any atom is 0.227 e. The van der Waals surface area contributed by atoms with E-state index in [1.807, 2.05) is 0 Å². The molecule has 0 unspecified atom stereocenters. The summed E-state index contributed by atoms with van der Waals surface area (Å²) < 4.78 is 18.8. The fourth-order valence-corrected chi connectivity index (χ4v) is 1.63. The Morgan fingerprint density at radius 2 is 1.95 bits per heavy atom. The van der Waals surface area contributed by atoms with Gasteiger partial charge in [-0.15, -0.1) is 0 Å². The molecule has 1 heterocycles. The molecule has 0 radical (unpaired) electrons. The van der Waals surface area contributed by atoms with E-state index in [9.17, 15) is 4.39 Å². The van der Waals surface area contributed by atoms with Crippen molar-refractivity contribution < 1.29 is 9.13 Å². The van der Waals surface area contributed by atoms with Crippen LogP contribution in [0.3, 0.4) is 0 Å². The lowest BCUT2D eigenvalue weighted by Gasteiger charge is -2.11. The summed E-state index contributed by atoms with van der Waals surface area (Å²) in [6.07, 6.45) is 0. The molecule has 0 spiro atoms. The fourth-order valence-electron chi connectivity index (χ4n) is 1.63. The van der Waals surface area contributed by atoms with Crippen molar-refractivity contribution in [2.75, 3.05) is 5.43 Å². The van der Waals surface area contributed by atoms with E-state index >= 15 is 0 Å². The third-order valence-corrected chi connectivity index (χ3v) is 2.69. The summed E-state index contributed by atoms with van der Waals surface area (Å²) in [5.41, 5.74) is 3.69. The van der Waals surface area contributed by atoms with Gasteiger partial charge in [-0.2, -0.15) is 4.98 Å². The van der Waals surface area contributed by atoms with Gasteiger partial charge in [0.05, 0.1) is 5.56 Å². The van der Waals surface area contributed by atoms with E-state index in [2.05, 4.69) is 15.4 Å². The summed E-state index contributed by atoms with van der Waals surface area (Å²) in [7, 11) is 0. The molecular weight excluding hydrogens is 247 g/mol. The second-order valence-corrected chi connectivity index (χ2v) is 4.21. The number of hydrogen-bond acceptors (Lipinski definition) is 5. The maximum atomic E-state index is 13.2. The first kappa shape index (κ1) is 13.2.